The number of hydrogen-bond donors (Lipinski definition) is 1. The van der Waals surface area contributed by atoms with E-state index in [1.165, 1.54) is 89.9 Å². The van der Waals surface area contributed by atoms with E-state index in [4.69, 9.17) is 0 Å². The van der Waals surface area contributed by atoms with Gasteiger partial charge in [-0.1, -0.05) is 109 Å². The molecular weight excluding hydrogens is 280 g/mol. The van der Waals surface area contributed by atoms with Gasteiger partial charge in [0, 0.05) is 6.07 Å². The van der Waals surface area contributed by atoms with Gasteiger partial charge < -0.3 is 5.11 Å². The van der Waals surface area contributed by atoms with Gasteiger partial charge >= 0.3 is 0 Å². The molecular formula is C22H37O. The van der Waals surface area contributed by atoms with Gasteiger partial charge in [0.05, 0.1) is 0 Å². The fourth-order valence-corrected chi connectivity index (χ4v) is 3.17. The van der Waals surface area contributed by atoms with Crippen LogP contribution in [0.1, 0.15) is 102 Å². The van der Waals surface area contributed by atoms with Crippen LogP contribution in [0.3, 0.4) is 0 Å². The van der Waals surface area contributed by atoms with Crippen molar-refractivity contribution < 1.29 is 5.11 Å². The molecule has 0 aliphatic rings. The van der Waals surface area contributed by atoms with E-state index in [0.717, 1.165) is 12.0 Å². The van der Waals surface area contributed by atoms with Crippen LogP contribution in [0.2, 0.25) is 0 Å². The smallest absolute Gasteiger partial charge is 0.126 e. The quantitative estimate of drug-likeness (QED) is 0.339. The Hall–Kier alpha value is -0.980. The molecule has 1 radical (unpaired) electrons. The molecule has 0 fully saturated rings. The molecule has 1 nitrogen and oxygen atoms in total. The second kappa shape index (κ2) is 14.6. The molecule has 0 aromatic heterocycles. The summed E-state index contributed by atoms with van der Waals surface area (Å²) in [4.78, 5) is 0. The first-order valence-electron chi connectivity index (χ1n) is 10.0. The van der Waals surface area contributed by atoms with E-state index in [1.807, 2.05) is 12.1 Å². The SMILES string of the molecule is CCCCCCCCCCCCCCCCc1ccc[c]c1O. The summed E-state index contributed by atoms with van der Waals surface area (Å²) in [5, 5.41) is 9.66. The Morgan fingerprint density at radius 2 is 1.22 bits per heavy atom. The van der Waals surface area contributed by atoms with Gasteiger partial charge in [0.15, 0.2) is 0 Å². The Morgan fingerprint density at radius 1 is 0.739 bits per heavy atom. The maximum absolute atomic E-state index is 9.66. The Bertz CT molecular complexity index is 372. The van der Waals surface area contributed by atoms with Crippen molar-refractivity contribution in [1.29, 1.82) is 0 Å². The maximum Gasteiger partial charge on any atom is 0.126 e. The molecule has 1 aromatic carbocycles. The lowest BCUT2D eigenvalue weighted by Gasteiger charge is -2.04. The molecule has 0 saturated heterocycles. The Labute approximate surface area is 144 Å². The van der Waals surface area contributed by atoms with E-state index in [9.17, 15) is 5.11 Å². The normalized spacial score (nSPS) is 11.0. The minimum atomic E-state index is 0.335. The molecule has 0 aliphatic carbocycles. The molecule has 0 heterocycles. The highest BCUT2D eigenvalue weighted by molar-refractivity contribution is 5.30. The Kier molecular flexibility index (Phi) is 12.7. The van der Waals surface area contributed by atoms with Crippen LogP contribution in [0.4, 0.5) is 0 Å². The van der Waals surface area contributed by atoms with E-state index in [0.29, 0.717) is 5.75 Å². The number of rotatable bonds is 15. The van der Waals surface area contributed by atoms with Gasteiger partial charge in [-0.15, -0.1) is 0 Å². The lowest BCUT2D eigenvalue weighted by Crippen LogP contribution is -1.87. The number of benzene rings is 1. The summed E-state index contributed by atoms with van der Waals surface area (Å²) in [5.74, 6) is 0.335. The molecule has 1 rings (SSSR count). The molecule has 0 spiro atoms. The molecule has 0 atom stereocenters. The van der Waals surface area contributed by atoms with Crippen molar-refractivity contribution >= 4 is 0 Å². The van der Waals surface area contributed by atoms with Crippen LogP contribution in [0.5, 0.6) is 5.75 Å². The Balaban J connectivity index is 1.79. The van der Waals surface area contributed by atoms with Crippen molar-refractivity contribution in [3.8, 4) is 5.75 Å². The second-order valence-electron chi connectivity index (χ2n) is 6.89. The third-order valence-corrected chi connectivity index (χ3v) is 4.72. The van der Waals surface area contributed by atoms with E-state index in [1.54, 1.807) is 6.07 Å². The third kappa shape index (κ3) is 11.2. The molecule has 0 unspecified atom stereocenters. The highest BCUT2D eigenvalue weighted by atomic mass is 16.3. The highest BCUT2D eigenvalue weighted by Crippen LogP contribution is 2.18. The third-order valence-electron chi connectivity index (χ3n) is 4.72. The zero-order chi connectivity index (χ0) is 16.6. The summed E-state index contributed by atoms with van der Waals surface area (Å²) in [5.41, 5.74) is 1.05. The van der Waals surface area contributed by atoms with Gasteiger partial charge in [0.2, 0.25) is 0 Å². The predicted molar refractivity (Wildman–Crippen MR) is 101 cm³/mol. The predicted octanol–water partition coefficient (Wildman–Crippen LogP) is 7.22. The topological polar surface area (TPSA) is 20.2 Å². The van der Waals surface area contributed by atoms with Crippen molar-refractivity contribution in [3.63, 3.8) is 0 Å². The summed E-state index contributed by atoms with van der Waals surface area (Å²) in [6, 6.07) is 8.59. The van der Waals surface area contributed by atoms with Crippen molar-refractivity contribution in [3.05, 3.63) is 29.8 Å². The van der Waals surface area contributed by atoms with Crippen LogP contribution in [0.15, 0.2) is 18.2 Å². The van der Waals surface area contributed by atoms with E-state index in [-0.39, 0.29) is 0 Å². The lowest BCUT2D eigenvalue weighted by atomic mass is 10.0. The van der Waals surface area contributed by atoms with E-state index in [2.05, 4.69) is 13.0 Å². The summed E-state index contributed by atoms with van der Waals surface area (Å²) < 4.78 is 0. The number of unbranched alkanes of at least 4 members (excludes halogenated alkanes) is 13. The van der Waals surface area contributed by atoms with Crippen molar-refractivity contribution in [2.45, 2.75) is 103 Å². The van der Waals surface area contributed by atoms with E-state index < -0.39 is 0 Å². The first kappa shape index (κ1) is 20.1. The molecule has 0 amide bonds. The zero-order valence-corrected chi connectivity index (χ0v) is 15.3. The summed E-state index contributed by atoms with van der Waals surface area (Å²) in [6.45, 7) is 2.28. The van der Waals surface area contributed by atoms with Gasteiger partial charge in [0.25, 0.3) is 0 Å². The van der Waals surface area contributed by atoms with Crippen molar-refractivity contribution in [2.75, 3.05) is 0 Å². The number of aromatic hydroxyl groups is 1. The Morgan fingerprint density at radius 3 is 1.70 bits per heavy atom. The highest BCUT2D eigenvalue weighted by Gasteiger charge is 1.99. The molecule has 0 aliphatic heterocycles. The fraction of sp³-hybridized carbons (Fsp3) is 0.727. The number of aryl methyl sites for hydroxylation is 1. The van der Waals surface area contributed by atoms with Gasteiger partial charge in [-0.2, -0.15) is 0 Å². The molecule has 0 bridgehead atoms. The van der Waals surface area contributed by atoms with Crippen LogP contribution in [-0.2, 0) is 6.42 Å². The van der Waals surface area contributed by atoms with Crippen molar-refractivity contribution in [1.82, 2.24) is 0 Å². The minimum absolute atomic E-state index is 0.335. The van der Waals surface area contributed by atoms with Gasteiger partial charge in [-0.25, -0.2) is 0 Å². The average Bonchev–Trinajstić information content (AvgIpc) is 2.57. The van der Waals surface area contributed by atoms with Gasteiger partial charge in [0.1, 0.15) is 5.75 Å². The zero-order valence-electron chi connectivity index (χ0n) is 15.3. The number of para-hydroxylation sites is 1. The van der Waals surface area contributed by atoms with Crippen LogP contribution in [-0.4, -0.2) is 5.11 Å². The molecule has 1 N–H and O–H groups in total. The number of hydrogen-bond acceptors (Lipinski definition) is 1. The lowest BCUT2D eigenvalue weighted by molar-refractivity contribution is 0.464. The van der Waals surface area contributed by atoms with Crippen LogP contribution >= 0.6 is 0 Å². The van der Waals surface area contributed by atoms with Gasteiger partial charge in [-0.3, -0.25) is 0 Å². The summed E-state index contributed by atoms with van der Waals surface area (Å²) in [7, 11) is 0. The van der Waals surface area contributed by atoms with Crippen LogP contribution in [0, 0.1) is 6.07 Å². The summed E-state index contributed by atoms with van der Waals surface area (Å²) >= 11 is 0. The van der Waals surface area contributed by atoms with Crippen LogP contribution in [0.25, 0.3) is 0 Å². The first-order valence-corrected chi connectivity index (χ1v) is 10.0. The van der Waals surface area contributed by atoms with Gasteiger partial charge in [-0.05, 0) is 18.4 Å². The molecule has 23 heavy (non-hydrogen) atoms. The fourth-order valence-electron chi connectivity index (χ4n) is 3.17. The molecule has 1 aromatic rings. The molecule has 131 valence electrons. The number of phenolic OH excluding ortho intramolecular Hbond substituents is 1. The summed E-state index contributed by atoms with van der Waals surface area (Å²) in [6.07, 6.45) is 20.4. The molecule has 0 saturated carbocycles. The average molecular weight is 318 g/mol. The first-order chi connectivity index (χ1) is 11.3. The van der Waals surface area contributed by atoms with Crippen molar-refractivity contribution in [2.24, 2.45) is 0 Å². The second-order valence-corrected chi connectivity index (χ2v) is 6.89. The maximum atomic E-state index is 9.66. The number of phenols is 1. The van der Waals surface area contributed by atoms with E-state index >= 15 is 0 Å². The largest absolute Gasteiger partial charge is 0.507 e. The van der Waals surface area contributed by atoms with Crippen LogP contribution < -0.4 is 0 Å². The molecule has 1 heteroatoms. The standard InChI is InChI=1S/C22H37O/c1-2-3-4-5-6-7-8-9-10-11-12-13-14-15-18-21-19-16-17-20-22(21)23/h16-17,19,23H,2-15,18H2,1H3. The minimum Gasteiger partial charge on any atom is -0.507 e. The monoisotopic (exact) mass is 317 g/mol.